The van der Waals surface area contributed by atoms with Crippen molar-refractivity contribution in [3.63, 3.8) is 0 Å². The molecule has 0 N–H and O–H groups in total. The Morgan fingerprint density at radius 1 is 1.58 bits per heavy atom. The van der Waals surface area contributed by atoms with E-state index in [4.69, 9.17) is 9.68 Å². The highest BCUT2D eigenvalue weighted by molar-refractivity contribution is 5.12. The lowest BCUT2D eigenvalue weighted by Crippen LogP contribution is -2.29. The van der Waals surface area contributed by atoms with E-state index in [1.807, 2.05) is 12.1 Å². The fourth-order valence-electron chi connectivity index (χ4n) is 1.68. The fraction of sp³-hybridized carbons (Fsp3) is 0.500. The van der Waals surface area contributed by atoms with Crippen molar-refractivity contribution < 1.29 is 4.42 Å². The van der Waals surface area contributed by atoms with Crippen molar-refractivity contribution in [3.8, 4) is 6.07 Å². The largest absolute Gasteiger partial charge is 0.469 e. The second kappa shape index (κ2) is 2.67. The van der Waals surface area contributed by atoms with Gasteiger partial charge in [0, 0.05) is 6.42 Å². The van der Waals surface area contributed by atoms with Gasteiger partial charge in [-0.25, -0.2) is 0 Å². The fourth-order valence-corrected chi connectivity index (χ4v) is 1.68. The van der Waals surface area contributed by atoms with Crippen LogP contribution in [0.15, 0.2) is 22.8 Å². The summed E-state index contributed by atoms with van der Waals surface area (Å²) < 4.78 is 5.22. The van der Waals surface area contributed by atoms with E-state index in [0.717, 1.165) is 25.0 Å². The molecule has 0 amide bonds. The van der Waals surface area contributed by atoms with Crippen molar-refractivity contribution >= 4 is 0 Å². The summed E-state index contributed by atoms with van der Waals surface area (Å²) >= 11 is 0. The third kappa shape index (κ3) is 1.12. The van der Waals surface area contributed by atoms with Crippen LogP contribution < -0.4 is 0 Å². The molecule has 0 radical (unpaired) electrons. The highest BCUT2D eigenvalue weighted by Gasteiger charge is 2.37. The minimum absolute atomic E-state index is 0.0994. The molecule has 0 unspecified atom stereocenters. The van der Waals surface area contributed by atoms with Crippen LogP contribution in [-0.4, -0.2) is 0 Å². The van der Waals surface area contributed by atoms with Crippen LogP contribution in [0, 0.1) is 16.7 Å². The molecule has 1 aromatic heterocycles. The Morgan fingerprint density at radius 3 is 2.83 bits per heavy atom. The molecule has 0 atom stereocenters. The molecular formula is C10H11NO. The molecule has 1 aliphatic rings. The van der Waals surface area contributed by atoms with Gasteiger partial charge in [-0.05, 0) is 25.0 Å². The molecule has 2 heteroatoms. The number of nitriles is 1. The van der Waals surface area contributed by atoms with Crippen molar-refractivity contribution in [2.24, 2.45) is 5.41 Å². The van der Waals surface area contributed by atoms with Crippen LogP contribution in [0.4, 0.5) is 0 Å². The summed E-state index contributed by atoms with van der Waals surface area (Å²) in [4.78, 5) is 0. The van der Waals surface area contributed by atoms with E-state index in [9.17, 15) is 0 Å². The number of hydrogen-bond acceptors (Lipinski definition) is 2. The van der Waals surface area contributed by atoms with Gasteiger partial charge < -0.3 is 4.42 Å². The molecule has 12 heavy (non-hydrogen) atoms. The molecule has 1 saturated carbocycles. The molecule has 1 aromatic rings. The lowest BCUT2D eigenvalue weighted by atomic mass is 9.67. The third-order valence-electron chi connectivity index (χ3n) is 2.64. The Balaban J connectivity index is 2.08. The molecule has 0 saturated heterocycles. The Bertz CT molecular complexity index is 290. The first-order valence-corrected chi connectivity index (χ1v) is 4.28. The van der Waals surface area contributed by atoms with E-state index in [1.165, 1.54) is 6.42 Å². The zero-order chi connectivity index (χ0) is 8.44. The number of furan rings is 1. The number of rotatable bonds is 2. The average molecular weight is 161 g/mol. The lowest BCUT2D eigenvalue weighted by molar-refractivity contribution is 0.201. The van der Waals surface area contributed by atoms with Gasteiger partial charge in [0.1, 0.15) is 5.76 Å². The Labute approximate surface area is 71.8 Å². The van der Waals surface area contributed by atoms with E-state index in [2.05, 4.69) is 6.07 Å². The summed E-state index contributed by atoms with van der Waals surface area (Å²) in [5.41, 5.74) is -0.0994. The second-order valence-corrected chi connectivity index (χ2v) is 3.50. The predicted molar refractivity (Wildman–Crippen MR) is 44.3 cm³/mol. The van der Waals surface area contributed by atoms with Gasteiger partial charge in [0.05, 0.1) is 17.7 Å². The molecule has 2 nitrogen and oxygen atoms in total. The molecule has 1 fully saturated rings. The minimum atomic E-state index is -0.0994. The van der Waals surface area contributed by atoms with E-state index >= 15 is 0 Å². The first-order chi connectivity index (χ1) is 5.85. The van der Waals surface area contributed by atoms with Crippen LogP contribution >= 0.6 is 0 Å². The number of nitrogens with zero attached hydrogens (tertiary/aromatic N) is 1. The van der Waals surface area contributed by atoms with Gasteiger partial charge in [-0.1, -0.05) is 6.42 Å². The smallest absolute Gasteiger partial charge is 0.105 e. The molecule has 1 aliphatic carbocycles. The summed E-state index contributed by atoms with van der Waals surface area (Å²) in [6.07, 6.45) is 5.71. The normalized spacial score (nSPS) is 19.6. The molecule has 0 bridgehead atoms. The van der Waals surface area contributed by atoms with Gasteiger partial charge in [-0.15, -0.1) is 0 Å². The monoisotopic (exact) mass is 161 g/mol. The Kier molecular flexibility index (Phi) is 1.65. The van der Waals surface area contributed by atoms with Gasteiger partial charge >= 0.3 is 0 Å². The average Bonchev–Trinajstić information content (AvgIpc) is 2.49. The van der Waals surface area contributed by atoms with Crippen molar-refractivity contribution in [3.05, 3.63) is 24.2 Å². The molecular weight excluding hydrogens is 150 g/mol. The predicted octanol–water partition coefficient (Wildman–Crippen LogP) is 2.52. The highest BCUT2D eigenvalue weighted by Crippen LogP contribution is 2.42. The van der Waals surface area contributed by atoms with Gasteiger partial charge in [0.15, 0.2) is 0 Å². The van der Waals surface area contributed by atoms with Gasteiger partial charge in [-0.2, -0.15) is 5.26 Å². The van der Waals surface area contributed by atoms with Crippen LogP contribution in [-0.2, 0) is 6.42 Å². The van der Waals surface area contributed by atoms with Crippen molar-refractivity contribution in [2.45, 2.75) is 25.7 Å². The van der Waals surface area contributed by atoms with Crippen molar-refractivity contribution in [2.75, 3.05) is 0 Å². The van der Waals surface area contributed by atoms with E-state index in [0.29, 0.717) is 0 Å². The maximum Gasteiger partial charge on any atom is 0.105 e. The summed E-state index contributed by atoms with van der Waals surface area (Å²) in [6.45, 7) is 0. The zero-order valence-electron chi connectivity index (χ0n) is 6.92. The first kappa shape index (κ1) is 7.42. The Hall–Kier alpha value is -1.23. The standard InChI is InChI=1S/C10H11NO/c11-8-10(4-2-5-10)7-9-3-1-6-12-9/h1,3,6H,2,4-5,7H2. The highest BCUT2D eigenvalue weighted by atomic mass is 16.3. The molecule has 2 rings (SSSR count). The maximum absolute atomic E-state index is 8.94. The van der Waals surface area contributed by atoms with Crippen LogP contribution in [0.25, 0.3) is 0 Å². The quantitative estimate of drug-likeness (QED) is 0.668. The van der Waals surface area contributed by atoms with Crippen LogP contribution in [0.5, 0.6) is 0 Å². The lowest BCUT2D eigenvalue weighted by Gasteiger charge is -2.34. The second-order valence-electron chi connectivity index (χ2n) is 3.50. The summed E-state index contributed by atoms with van der Waals surface area (Å²) in [7, 11) is 0. The first-order valence-electron chi connectivity index (χ1n) is 4.28. The minimum Gasteiger partial charge on any atom is -0.469 e. The van der Waals surface area contributed by atoms with Gasteiger partial charge in [0.25, 0.3) is 0 Å². The summed E-state index contributed by atoms with van der Waals surface area (Å²) in [5.74, 6) is 0.941. The van der Waals surface area contributed by atoms with Gasteiger partial charge in [-0.3, -0.25) is 0 Å². The molecule has 0 spiro atoms. The van der Waals surface area contributed by atoms with E-state index in [1.54, 1.807) is 6.26 Å². The van der Waals surface area contributed by atoms with Crippen LogP contribution in [0.3, 0.4) is 0 Å². The van der Waals surface area contributed by atoms with E-state index in [-0.39, 0.29) is 5.41 Å². The van der Waals surface area contributed by atoms with E-state index < -0.39 is 0 Å². The van der Waals surface area contributed by atoms with Gasteiger partial charge in [0.2, 0.25) is 0 Å². The molecule has 0 aromatic carbocycles. The van der Waals surface area contributed by atoms with Crippen LogP contribution in [0.2, 0.25) is 0 Å². The molecule has 1 heterocycles. The van der Waals surface area contributed by atoms with Crippen molar-refractivity contribution in [1.29, 1.82) is 5.26 Å². The zero-order valence-corrected chi connectivity index (χ0v) is 6.92. The van der Waals surface area contributed by atoms with Crippen molar-refractivity contribution in [1.82, 2.24) is 0 Å². The molecule has 62 valence electrons. The topological polar surface area (TPSA) is 36.9 Å². The maximum atomic E-state index is 8.94. The molecule has 0 aliphatic heterocycles. The summed E-state index contributed by atoms with van der Waals surface area (Å²) in [5, 5.41) is 8.94. The third-order valence-corrected chi connectivity index (χ3v) is 2.64. The number of hydrogen-bond donors (Lipinski definition) is 0. The Morgan fingerprint density at radius 2 is 2.42 bits per heavy atom. The van der Waals surface area contributed by atoms with Crippen LogP contribution in [0.1, 0.15) is 25.0 Å². The SMILES string of the molecule is N#CC1(Cc2ccco2)CCC1. The summed E-state index contributed by atoms with van der Waals surface area (Å²) in [6, 6.07) is 6.21.